The molecule has 1 aliphatic heterocycles. The molecule has 6 heteroatoms. The fourth-order valence-electron chi connectivity index (χ4n) is 4.00. The second-order valence-corrected chi connectivity index (χ2v) is 7.88. The molecule has 0 saturated carbocycles. The fourth-order valence-corrected chi connectivity index (χ4v) is 4.00. The number of piperidine rings is 1. The van der Waals surface area contributed by atoms with E-state index in [0.717, 1.165) is 37.2 Å². The molecule has 2 aromatic carbocycles. The summed E-state index contributed by atoms with van der Waals surface area (Å²) >= 11 is 0. The van der Waals surface area contributed by atoms with E-state index in [4.69, 9.17) is 4.74 Å². The Morgan fingerprint density at radius 3 is 2.20 bits per heavy atom. The highest BCUT2D eigenvalue weighted by Gasteiger charge is 2.38. The summed E-state index contributed by atoms with van der Waals surface area (Å²) in [6, 6.07) is 15.9. The van der Waals surface area contributed by atoms with Gasteiger partial charge in [-0.05, 0) is 67.0 Å². The van der Waals surface area contributed by atoms with Crippen molar-refractivity contribution in [2.24, 2.45) is 0 Å². The molecule has 2 aromatic rings. The molecule has 30 heavy (non-hydrogen) atoms. The fraction of sp³-hybridized carbons (Fsp3) is 0.458. The maximum absolute atomic E-state index is 12.5. The van der Waals surface area contributed by atoms with Crippen LogP contribution in [-0.4, -0.2) is 31.7 Å². The lowest BCUT2D eigenvalue weighted by Gasteiger charge is -2.34. The smallest absolute Gasteiger partial charge is 0.449 e. The van der Waals surface area contributed by atoms with Crippen LogP contribution < -0.4 is 9.64 Å². The zero-order valence-corrected chi connectivity index (χ0v) is 17.4. The molecular formula is C24H28F3NO2. The molecule has 0 aliphatic carbocycles. The van der Waals surface area contributed by atoms with Crippen molar-refractivity contribution >= 4 is 11.5 Å². The lowest BCUT2D eigenvalue weighted by atomic mass is 9.87. The summed E-state index contributed by atoms with van der Waals surface area (Å²) in [5, 5.41) is 0. The monoisotopic (exact) mass is 419 g/mol. The van der Waals surface area contributed by atoms with Crippen LogP contribution in [0.4, 0.5) is 18.9 Å². The van der Waals surface area contributed by atoms with E-state index in [1.54, 1.807) is 6.92 Å². The van der Waals surface area contributed by atoms with Crippen LogP contribution in [0.25, 0.3) is 0 Å². The molecule has 3 nitrogen and oxygen atoms in total. The van der Waals surface area contributed by atoms with Crippen LogP contribution in [0.5, 0.6) is 5.75 Å². The van der Waals surface area contributed by atoms with Gasteiger partial charge in [0.15, 0.2) is 0 Å². The van der Waals surface area contributed by atoms with Gasteiger partial charge in [-0.15, -0.1) is 0 Å². The number of hydrogen-bond acceptors (Lipinski definition) is 3. The number of hydrogen-bond donors (Lipinski definition) is 0. The van der Waals surface area contributed by atoms with Crippen molar-refractivity contribution in [2.75, 3.05) is 24.6 Å². The number of anilines is 1. The van der Waals surface area contributed by atoms with Gasteiger partial charge in [-0.1, -0.05) is 31.2 Å². The highest BCUT2D eigenvalue weighted by molar-refractivity contribution is 5.84. The minimum Gasteiger partial charge on any atom is -0.494 e. The molecule has 1 saturated heterocycles. The van der Waals surface area contributed by atoms with Crippen molar-refractivity contribution in [3.8, 4) is 5.75 Å². The minimum absolute atomic E-state index is 0.435. The number of alkyl halides is 3. The molecule has 0 radical (unpaired) electrons. The quantitative estimate of drug-likeness (QED) is 0.544. The van der Waals surface area contributed by atoms with E-state index in [-0.39, 0.29) is 0 Å². The van der Waals surface area contributed by atoms with Crippen molar-refractivity contribution in [1.82, 2.24) is 0 Å². The first kappa shape index (κ1) is 22.2. The summed E-state index contributed by atoms with van der Waals surface area (Å²) in [5.74, 6) is -0.803. The zero-order chi connectivity index (χ0) is 21.7. The van der Waals surface area contributed by atoms with E-state index >= 15 is 0 Å². The maximum Gasteiger partial charge on any atom is 0.449 e. The minimum atomic E-state index is -4.76. The Kier molecular flexibility index (Phi) is 7.06. The van der Waals surface area contributed by atoms with Crippen molar-refractivity contribution < 1.29 is 22.7 Å². The lowest BCUT2D eigenvalue weighted by Crippen LogP contribution is -2.32. The molecule has 0 aromatic heterocycles. The molecule has 0 amide bonds. The number of benzene rings is 2. The third-order valence-corrected chi connectivity index (χ3v) is 5.79. The molecule has 0 bridgehead atoms. The second kappa shape index (κ2) is 9.54. The van der Waals surface area contributed by atoms with Gasteiger partial charge < -0.3 is 9.64 Å². The van der Waals surface area contributed by atoms with Crippen LogP contribution in [0.15, 0.2) is 48.5 Å². The predicted octanol–water partition coefficient (Wildman–Crippen LogP) is 6.09. The van der Waals surface area contributed by atoms with Gasteiger partial charge in [0.2, 0.25) is 5.78 Å². The van der Waals surface area contributed by atoms with Gasteiger partial charge >= 0.3 is 6.18 Å². The summed E-state index contributed by atoms with van der Waals surface area (Å²) in [6.07, 6.45) is -3.22. The number of carbonyl (C=O) groups excluding carboxylic acids is 1. The van der Waals surface area contributed by atoms with Crippen LogP contribution in [0.2, 0.25) is 0 Å². The van der Waals surface area contributed by atoms with E-state index in [1.165, 1.54) is 11.3 Å². The van der Waals surface area contributed by atoms with E-state index < -0.39 is 24.3 Å². The summed E-state index contributed by atoms with van der Waals surface area (Å²) < 4.78 is 42.9. The van der Waals surface area contributed by atoms with Gasteiger partial charge in [-0.3, -0.25) is 4.79 Å². The van der Waals surface area contributed by atoms with Gasteiger partial charge in [0.05, 0.1) is 6.61 Å². The SMILES string of the molecule is CCOc1ccc(N2CCC(c3ccc([C@H](C)CC(=O)C(F)(F)F)cc3)CC2)cc1. The normalized spacial score (nSPS) is 16.4. The first-order valence-electron chi connectivity index (χ1n) is 10.5. The van der Waals surface area contributed by atoms with Crippen molar-refractivity contribution in [3.63, 3.8) is 0 Å². The molecule has 0 unspecified atom stereocenters. The molecular weight excluding hydrogens is 391 g/mol. The van der Waals surface area contributed by atoms with E-state index in [1.807, 2.05) is 43.3 Å². The van der Waals surface area contributed by atoms with Crippen molar-refractivity contribution in [3.05, 3.63) is 59.7 Å². The van der Waals surface area contributed by atoms with Gasteiger partial charge in [0.25, 0.3) is 0 Å². The number of Topliss-reactive ketones (excluding diaryl/α,β-unsaturated/α-hetero) is 1. The highest BCUT2D eigenvalue weighted by Crippen LogP contribution is 2.33. The lowest BCUT2D eigenvalue weighted by molar-refractivity contribution is -0.171. The molecule has 1 atom stereocenters. The number of ether oxygens (including phenoxy) is 1. The standard InChI is InChI=1S/C24H28F3NO2/c1-3-30-22-10-8-21(9-11-22)28-14-12-20(13-15-28)19-6-4-18(5-7-19)17(2)16-23(29)24(25,26)27/h4-11,17,20H,3,12-16H2,1-2H3/t17-/m1/s1. The van der Waals surface area contributed by atoms with Gasteiger partial charge in [-0.2, -0.15) is 13.2 Å². The van der Waals surface area contributed by atoms with E-state index in [9.17, 15) is 18.0 Å². The zero-order valence-electron chi connectivity index (χ0n) is 17.4. The summed E-state index contributed by atoms with van der Waals surface area (Å²) in [7, 11) is 0. The third kappa shape index (κ3) is 5.55. The number of ketones is 1. The summed E-state index contributed by atoms with van der Waals surface area (Å²) in [4.78, 5) is 13.6. The average molecular weight is 419 g/mol. The summed E-state index contributed by atoms with van der Waals surface area (Å²) in [5.41, 5.74) is 3.16. The Morgan fingerprint density at radius 1 is 1.07 bits per heavy atom. The van der Waals surface area contributed by atoms with Gasteiger partial charge in [0.1, 0.15) is 5.75 Å². The molecule has 0 spiro atoms. The number of rotatable bonds is 7. The Morgan fingerprint density at radius 2 is 1.67 bits per heavy atom. The molecule has 1 fully saturated rings. The third-order valence-electron chi connectivity index (χ3n) is 5.79. The Labute approximate surface area is 175 Å². The van der Waals surface area contributed by atoms with Crippen LogP contribution in [0.1, 0.15) is 56.1 Å². The second-order valence-electron chi connectivity index (χ2n) is 7.88. The predicted molar refractivity (Wildman–Crippen MR) is 112 cm³/mol. The first-order chi connectivity index (χ1) is 14.3. The number of nitrogens with zero attached hydrogens (tertiary/aromatic N) is 1. The van der Waals surface area contributed by atoms with Gasteiger partial charge in [0, 0.05) is 25.2 Å². The van der Waals surface area contributed by atoms with Crippen molar-refractivity contribution in [2.45, 2.75) is 51.1 Å². The molecule has 0 N–H and O–H groups in total. The Bertz CT molecular complexity index is 823. The summed E-state index contributed by atoms with van der Waals surface area (Å²) in [6.45, 7) is 6.19. The largest absolute Gasteiger partial charge is 0.494 e. The molecule has 162 valence electrons. The van der Waals surface area contributed by atoms with Crippen molar-refractivity contribution in [1.29, 1.82) is 0 Å². The number of carbonyl (C=O) groups is 1. The topological polar surface area (TPSA) is 29.5 Å². The first-order valence-corrected chi connectivity index (χ1v) is 10.5. The Balaban J connectivity index is 1.55. The highest BCUT2D eigenvalue weighted by atomic mass is 19.4. The number of halogens is 3. The van der Waals surface area contributed by atoms with Gasteiger partial charge in [-0.25, -0.2) is 0 Å². The molecule has 1 aliphatic rings. The van der Waals surface area contributed by atoms with Crippen LogP contribution in [0, 0.1) is 0 Å². The van der Waals surface area contributed by atoms with E-state index in [0.29, 0.717) is 12.5 Å². The van der Waals surface area contributed by atoms with Crippen LogP contribution >= 0.6 is 0 Å². The molecule has 1 heterocycles. The Hall–Kier alpha value is -2.50. The molecule has 3 rings (SSSR count). The maximum atomic E-state index is 12.5. The van der Waals surface area contributed by atoms with Crippen LogP contribution in [0.3, 0.4) is 0 Å². The van der Waals surface area contributed by atoms with Crippen LogP contribution in [-0.2, 0) is 4.79 Å². The van der Waals surface area contributed by atoms with E-state index in [2.05, 4.69) is 17.0 Å². The average Bonchev–Trinajstić information content (AvgIpc) is 2.74.